The highest BCUT2D eigenvalue weighted by molar-refractivity contribution is 5.82. The second-order valence-electron chi connectivity index (χ2n) is 6.79. The van der Waals surface area contributed by atoms with Crippen molar-refractivity contribution in [3.63, 3.8) is 0 Å². The van der Waals surface area contributed by atoms with E-state index in [0.29, 0.717) is 13.0 Å². The summed E-state index contributed by atoms with van der Waals surface area (Å²) in [6.45, 7) is 3.57. The summed E-state index contributed by atoms with van der Waals surface area (Å²) in [6.07, 6.45) is 5.93. The van der Waals surface area contributed by atoms with Gasteiger partial charge >= 0.3 is 0 Å². The monoisotopic (exact) mass is 365 g/mol. The van der Waals surface area contributed by atoms with Gasteiger partial charge in [-0.1, -0.05) is 36.8 Å². The molecule has 1 fully saturated rings. The van der Waals surface area contributed by atoms with Gasteiger partial charge in [0.1, 0.15) is 12.4 Å². The van der Waals surface area contributed by atoms with Crippen LogP contribution in [-0.2, 0) is 11.4 Å². The largest absolute Gasteiger partial charge is 0.489 e. The van der Waals surface area contributed by atoms with E-state index in [1.165, 1.54) is 19.3 Å². The molecule has 0 aromatic heterocycles. The molecule has 5 nitrogen and oxygen atoms in total. The van der Waals surface area contributed by atoms with E-state index in [-0.39, 0.29) is 5.91 Å². The zero-order valence-electron chi connectivity index (χ0n) is 15.6. The molecule has 1 heterocycles. The van der Waals surface area contributed by atoms with Crippen LogP contribution in [0.5, 0.6) is 5.75 Å². The molecular weight excluding hydrogens is 338 g/mol. The molecule has 3 rings (SSSR count). The lowest BCUT2D eigenvalue weighted by Gasteiger charge is -2.25. The number of piperidine rings is 1. The first-order valence-corrected chi connectivity index (χ1v) is 9.61. The van der Waals surface area contributed by atoms with Gasteiger partial charge in [-0.2, -0.15) is 5.10 Å². The lowest BCUT2D eigenvalue weighted by molar-refractivity contribution is -0.121. The van der Waals surface area contributed by atoms with Gasteiger partial charge in [-0.05, 0) is 61.3 Å². The third-order valence-corrected chi connectivity index (χ3v) is 4.64. The smallest absolute Gasteiger partial charge is 0.241 e. The van der Waals surface area contributed by atoms with Crippen LogP contribution in [0.3, 0.4) is 0 Å². The summed E-state index contributed by atoms with van der Waals surface area (Å²) in [6, 6.07) is 17.7. The summed E-state index contributed by atoms with van der Waals surface area (Å²) in [5.74, 6) is 0.765. The molecular formula is C22H27N3O2. The van der Waals surface area contributed by atoms with E-state index in [0.717, 1.165) is 36.5 Å². The first kappa shape index (κ1) is 19.1. The Balaban J connectivity index is 1.37. The Morgan fingerprint density at radius 1 is 1.04 bits per heavy atom. The summed E-state index contributed by atoms with van der Waals surface area (Å²) < 4.78 is 5.76. The second kappa shape index (κ2) is 10.5. The van der Waals surface area contributed by atoms with Crippen molar-refractivity contribution in [2.45, 2.75) is 32.3 Å². The standard InChI is InChI=1S/C22H27N3O2/c26-22(13-16-25-14-5-2-6-15-25)24-23-17-19-9-11-21(12-10-19)27-18-20-7-3-1-4-8-20/h1,3-4,7-12,17H,2,5-6,13-16,18H2,(H,24,26)/b23-17+. The quantitative estimate of drug-likeness (QED) is 0.574. The molecule has 1 amide bonds. The molecule has 27 heavy (non-hydrogen) atoms. The zero-order valence-corrected chi connectivity index (χ0v) is 15.6. The molecule has 0 saturated carbocycles. The number of nitrogens with one attached hydrogen (secondary N) is 1. The summed E-state index contributed by atoms with van der Waals surface area (Å²) in [4.78, 5) is 14.2. The summed E-state index contributed by atoms with van der Waals surface area (Å²) in [7, 11) is 0. The molecule has 1 saturated heterocycles. The number of hydrazone groups is 1. The molecule has 142 valence electrons. The van der Waals surface area contributed by atoms with E-state index >= 15 is 0 Å². The summed E-state index contributed by atoms with van der Waals surface area (Å²) in [5.41, 5.74) is 4.65. The maximum absolute atomic E-state index is 11.9. The second-order valence-corrected chi connectivity index (χ2v) is 6.79. The Morgan fingerprint density at radius 2 is 1.78 bits per heavy atom. The molecule has 1 N–H and O–H groups in total. The third kappa shape index (κ3) is 6.87. The molecule has 0 spiro atoms. The highest BCUT2D eigenvalue weighted by atomic mass is 16.5. The fraction of sp³-hybridized carbons (Fsp3) is 0.364. The van der Waals surface area contributed by atoms with Crippen molar-refractivity contribution < 1.29 is 9.53 Å². The highest BCUT2D eigenvalue weighted by Crippen LogP contribution is 2.13. The van der Waals surface area contributed by atoms with Crippen molar-refractivity contribution in [2.24, 2.45) is 5.10 Å². The molecule has 0 unspecified atom stereocenters. The lowest BCUT2D eigenvalue weighted by atomic mass is 10.1. The van der Waals surface area contributed by atoms with Crippen LogP contribution in [0, 0.1) is 0 Å². The number of carbonyl (C=O) groups excluding carboxylic acids is 1. The van der Waals surface area contributed by atoms with Crippen LogP contribution in [0.1, 0.15) is 36.8 Å². The van der Waals surface area contributed by atoms with E-state index in [1.807, 2.05) is 54.6 Å². The van der Waals surface area contributed by atoms with E-state index in [2.05, 4.69) is 15.4 Å². The topological polar surface area (TPSA) is 53.9 Å². The maximum Gasteiger partial charge on any atom is 0.241 e. The molecule has 0 aliphatic carbocycles. The minimum absolute atomic E-state index is 0.0420. The maximum atomic E-state index is 11.9. The normalized spacial score (nSPS) is 15.0. The van der Waals surface area contributed by atoms with Crippen LogP contribution >= 0.6 is 0 Å². The Bertz CT molecular complexity index is 723. The van der Waals surface area contributed by atoms with E-state index in [4.69, 9.17) is 4.74 Å². The predicted molar refractivity (Wildman–Crippen MR) is 108 cm³/mol. The molecule has 0 radical (unpaired) electrons. The number of nitrogens with zero attached hydrogens (tertiary/aromatic N) is 2. The first-order valence-electron chi connectivity index (χ1n) is 9.61. The van der Waals surface area contributed by atoms with Gasteiger partial charge in [0.25, 0.3) is 0 Å². The van der Waals surface area contributed by atoms with Crippen molar-refractivity contribution in [2.75, 3.05) is 19.6 Å². The van der Waals surface area contributed by atoms with Crippen molar-refractivity contribution in [3.8, 4) is 5.75 Å². The molecule has 2 aromatic rings. The summed E-state index contributed by atoms with van der Waals surface area (Å²) >= 11 is 0. The van der Waals surface area contributed by atoms with Gasteiger partial charge in [-0.15, -0.1) is 0 Å². The molecule has 1 aliphatic rings. The van der Waals surface area contributed by atoms with Gasteiger partial charge in [0.2, 0.25) is 5.91 Å². The van der Waals surface area contributed by atoms with Crippen molar-refractivity contribution >= 4 is 12.1 Å². The van der Waals surface area contributed by atoms with Crippen LogP contribution in [0.15, 0.2) is 59.7 Å². The third-order valence-electron chi connectivity index (χ3n) is 4.64. The molecule has 2 aromatic carbocycles. The lowest BCUT2D eigenvalue weighted by Crippen LogP contribution is -2.33. The number of amides is 1. The molecule has 1 aliphatic heterocycles. The van der Waals surface area contributed by atoms with E-state index in [9.17, 15) is 4.79 Å². The van der Waals surface area contributed by atoms with Gasteiger partial charge in [-0.3, -0.25) is 4.79 Å². The fourth-order valence-corrected chi connectivity index (χ4v) is 3.07. The van der Waals surface area contributed by atoms with Crippen molar-refractivity contribution in [3.05, 3.63) is 65.7 Å². The highest BCUT2D eigenvalue weighted by Gasteiger charge is 2.11. The van der Waals surface area contributed by atoms with Gasteiger partial charge in [-0.25, -0.2) is 5.43 Å². The number of ether oxygens (including phenoxy) is 1. The number of carbonyl (C=O) groups is 1. The average molecular weight is 365 g/mol. The Labute approximate surface area is 161 Å². The number of hydrogen-bond acceptors (Lipinski definition) is 4. The molecule has 0 bridgehead atoms. The van der Waals surface area contributed by atoms with Crippen LogP contribution < -0.4 is 10.2 Å². The minimum atomic E-state index is -0.0420. The van der Waals surface area contributed by atoms with Gasteiger partial charge in [0.15, 0.2) is 0 Å². The minimum Gasteiger partial charge on any atom is -0.489 e. The van der Waals surface area contributed by atoms with E-state index in [1.54, 1.807) is 6.21 Å². The van der Waals surface area contributed by atoms with Gasteiger partial charge < -0.3 is 9.64 Å². The molecule has 5 heteroatoms. The SMILES string of the molecule is O=C(CCN1CCCCC1)N/N=C/c1ccc(OCc2ccccc2)cc1. The average Bonchev–Trinajstić information content (AvgIpc) is 2.73. The Hall–Kier alpha value is -2.66. The number of rotatable bonds is 8. The van der Waals surface area contributed by atoms with Gasteiger partial charge in [0, 0.05) is 13.0 Å². The van der Waals surface area contributed by atoms with Crippen LogP contribution in [0.25, 0.3) is 0 Å². The molecule has 0 atom stereocenters. The van der Waals surface area contributed by atoms with Crippen LogP contribution in [0.4, 0.5) is 0 Å². The Morgan fingerprint density at radius 3 is 2.52 bits per heavy atom. The fourth-order valence-electron chi connectivity index (χ4n) is 3.07. The number of hydrogen-bond donors (Lipinski definition) is 1. The number of likely N-dealkylation sites (tertiary alicyclic amines) is 1. The summed E-state index contributed by atoms with van der Waals surface area (Å²) in [5, 5.41) is 4.04. The van der Waals surface area contributed by atoms with E-state index < -0.39 is 0 Å². The van der Waals surface area contributed by atoms with Crippen LogP contribution in [0.2, 0.25) is 0 Å². The zero-order chi connectivity index (χ0) is 18.7. The predicted octanol–water partition coefficient (Wildman–Crippen LogP) is 3.59. The van der Waals surface area contributed by atoms with Crippen LogP contribution in [-0.4, -0.2) is 36.7 Å². The van der Waals surface area contributed by atoms with Crippen molar-refractivity contribution in [1.82, 2.24) is 10.3 Å². The first-order chi connectivity index (χ1) is 13.3. The Kier molecular flexibility index (Phi) is 7.42. The van der Waals surface area contributed by atoms with Gasteiger partial charge in [0.05, 0.1) is 6.21 Å². The number of benzene rings is 2. The van der Waals surface area contributed by atoms with Crippen molar-refractivity contribution in [1.29, 1.82) is 0 Å².